The van der Waals surface area contributed by atoms with Crippen molar-refractivity contribution in [2.24, 2.45) is 22.7 Å². The molecule has 1 N–H and O–H groups in total. The summed E-state index contributed by atoms with van der Waals surface area (Å²) in [5.74, 6) is -1.52. The molecule has 0 aromatic carbocycles. The van der Waals surface area contributed by atoms with Gasteiger partial charge in [-0.2, -0.15) is 0 Å². The monoisotopic (exact) mass is 528 g/mol. The highest BCUT2D eigenvalue weighted by Crippen LogP contribution is 2.58. The van der Waals surface area contributed by atoms with Crippen molar-refractivity contribution >= 4 is 28.6 Å². The number of aliphatic hydroxyl groups is 1. The van der Waals surface area contributed by atoms with Crippen LogP contribution >= 0.6 is 0 Å². The van der Waals surface area contributed by atoms with Gasteiger partial charge in [0.25, 0.3) is 0 Å². The average molecular weight is 529 g/mol. The second kappa shape index (κ2) is 9.91. The minimum Gasteiger partial charge on any atom is -0.444 e. The van der Waals surface area contributed by atoms with E-state index in [2.05, 4.69) is 20.8 Å². The van der Waals surface area contributed by atoms with E-state index in [1.54, 1.807) is 41.5 Å². The minimum atomic E-state index is -1.50. The lowest BCUT2D eigenvalue weighted by Crippen LogP contribution is -2.67. The zero-order chi connectivity index (χ0) is 28.1. The Kier molecular flexibility index (Phi) is 8.41. The van der Waals surface area contributed by atoms with E-state index in [-0.39, 0.29) is 28.4 Å². The third-order valence-corrected chi connectivity index (χ3v) is 8.03. The molecule has 2 aliphatic heterocycles. The number of aliphatic hydroxyl groups excluding tert-OH is 1. The summed E-state index contributed by atoms with van der Waals surface area (Å²) in [6.07, 6.45) is -1.82. The van der Waals surface area contributed by atoms with Crippen LogP contribution in [0, 0.1) is 22.7 Å². The number of imide groups is 1. The number of amides is 3. The van der Waals surface area contributed by atoms with Crippen molar-refractivity contribution in [1.82, 2.24) is 9.80 Å². The molecule has 2 fully saturated rings. The molecule has 36 heavy (non-hydrogen) atoms. The van der Waals surface area contributed by atoms with Gasteiger partial charge in [0.15, 0.2) is 5.72 Å². The Morgan fingerprint density at radius 2 is 1.50 bits per heavy atom. The molecule has 0 bridgehead atoms. The molecule has 2 rings (SSSR count). The normalized spacial score (nSPS) is 28.3. The summed E-state index contributed by atoms with van der Waals surface area (Å²) in [5.41, 5.74) is -3.99. The molecule has 0 aromatic rings. The van der Waals surface area contributed by atoms with Gasteiger partial charge in [0.05, 0.1) is 5.92 Å². The summed E-state index contributed by atoms with van der Waals surface area (Å²) in [5, 5.41) is 12.0. The topological polar surface area (TPSA) is 106 Å². The molecule has 2 saturated heterocycles. The SMILES string of the molecule is CC(C)(C)OC(=O)N1CCCC(C(O)[C@]2(O[SiH3])N(C(=O)OC(C)(C)C)C[C@H](C(C)(C)C)C2(C)C)C1=O. The molecule has 2 heterocycles. The van der Waals surface area contributed by atoms with Crippen molar-refractivity contribution in [2.45, 2.75) is 112 Å². The third kappa shape index (κ3) is 5.75. The molecule has 2 unspecified atom stereocenters. The number of hydrogen-bond donors (Lipinski definition) is 1. The molecule has 0 saturated carbocycles. The Bertz CT molecular complexity index is 856. The molecule has 9 nitrogen and oxygen atoms in total. The number of nitrogens with zero attached hydrogens (tertiary/aromatic N) is 2. The minimum absolute atomic E-state index is 0.0678. The maximum absolute atomic E-state index is 13.6. The van der Waals surface area contributed by atoms with Crippen LogP contribution in [0.25, 0.3) is 0 Å². The lowest BCUT2D eigenvalue weighted by Gasteiger charge is -2.52. The highest BCUT2D eigenvalue weighted by Gasteiger charge is 2.69. The first-order chi connectivity index (χ1) is 16.1. The van der Waals surface area contributed by atoms with Gasteiger partial charge in [-0.15, -0.1) is 0 Å². The molecule has 10 heteroatoms. The summed E-state index contributed by atoms with van der Waals surface area (Å²) in [6, 6.07) is 0. The molecule has 208 valence electrons. The Labute approximate surface area is 219 Å². The Morgan fingerprint density at radius 1 is 1.00 bits per heavy atom. The molecule has 0 radical (unpaired) electrons. The van der Waals surface area contributed by atoms with E-state index in [0.29, 0.717) is 19.4 Å². The van der Waals surface area contributed by atoms with E-state index in [0.717, 1.165) is 4.90 Å². The Morgan fingerprint density at radius 3 is 1.94 bits per heavy atom. The zero-order valence-electron chi connectivity index (χ0n) is 24.4. The van der Waals surface area contributed by atoms with Gasteiger partial charge in [-0.25, -0.2) is 14.5 Å². The van der Waals surface area contributed by atoms with Crippen molar-refractivity contribution in [3.63, 3.8) is 0 Å². The van der Waals surface area contributed by atoms with Crippen LogP contribution in [0.1, 0.15) is 89.0 Å². The van der Waals surface area contributed by atoms with Gasteiger partial charge < -0.3 is 19.0 Å². The van der Waals surface area contributed by atoms with Crippen LogP contribution in [-0.4, -0.2) is 79.6 Å². The van der Waals surface area contributed by atoms with Crippen LogP contribution in [0.2, 0.25) is 0 Å². The number of hydrogen-bond acceptors (Lipinski definition) is 7. The van der Waals surface area contributed by atoms with Gasteiger partial charge >= 0.3 is 12.2 Å². The number of carbonyl (C=O) groups is 3. The first kappa shape index (κ1) is 30.6. The predicted octanol–water partition coefficient (Wildman–Crippen LogP) is 3.45. The van der Waals surface area contributed by atoms with Gasteiger partial charge in [0.1, 0.15) is 27.8 Å². The molecular weight excluding hydrogens is 480 g/mol. The number of likely N-dealkylation sites (tertiary alicyclic amines) is 2. The molecule has 0 aromatic heterocycles. The number of carbonyl (C=O) groups excluding carboxylic acids is 3. The van der Waals surface area contributed by atoms with Gasteiger partial charge in [-0.3, -0.25) is 9.69 Å². The quantitative estimate of drug-likeness (QED) is 0.559. The molecular formula is C26H48N2O7Si. The summed E-state index contributed by atoms with van der Waals surface area (Å²) in [4.78, 5) is 42.5. The number of ether oxygens (including phenoxy) is 2. The maximum atomic E-state index is 13.6. The molecule has 0 aliphatic carbocycles. The fourth-order valence-corrected chi connectivity index (χ4v) is 7.02. The summed E-state index contributed by atoms with van der Waals surface area (Å²) < 4.78 is 17.5. The maximum Gasteiger partial charge on any atom is 0.417 e. The highest BCUT2D eigenvalue weighted by atomic mass is 28.2. The summed E-state index contributed by atoms with van der Waals surface area (Å²) >= 11 is 0. The van der Waals surface area contributed by atoms with Crippen molar-refractivity contribution in [3.8, 4) is 0 Å². The van der Waals surface area contributed by atoms with Crippen LogP contribution in [0.3, 0.4) is 0 Å². The van der Waals surface area contributed by atoms with E-state index in [1.165, 1.54) is 4.90 Å². The number of rotatable bonds is 3. The van der Waals surface area contributed by atoms with Crippen LogP contribution in [0.4, 0.5) is 9.59 Å². The van der Waals surface area contributed by atoms with Gasteiger partial charge in [-0.05, 0) is 65.7 Å². The van der Waals surface area contributed by atoms with E-state index in [1.807, 2.05) is 13.8 Å². The van der Waals surface area contributed by atoms with Crippen molar-refractivity contribution < 1.29 is 33.4 Å². The number of piperidine rings is 1. The van der Waals surface area contributed by atoms with E-state index in [9.17, 15) is 19.5 Å². The van der Waals surface area contributed by atoms with E-state index in [4.69, 9.17) is 13.9 Å². The van der Waals surface area contributed by atoms with Crippen molar-refractivity contribution in [1.29, 1.82) is 0 Å². The third-order valence-electron chi connectivity index (χ3n) is 7.41. The first-order valence-corrected chi connectivity index (χ1v) is 13.7. The van der Waals surface area contributed by atoms with Crippen molar-refractivity contribution in [3.05, 3.63) is 0 Å². The van der Waals surface area contributed by atoms with Crippen LogP contribution in [-0.2, 0) is 18.7 Å². The fourth-order valence-electron chi connectivity index (χ4n) is 6.03. The predicted molar refractivity (Wildman–Crippen MR) is 140 cm³/mol. The zero-order valence-corrected chi connectivity index (χ0v) is 26.4. The molecule has 0 spiro atoms. The summed E-state index contributed by atoms with van der Waals surface area (Å²) in [6.45, 7) is 21.4. The second-order valence-electron chi connectivity index (χ2n) is 13.8. The van der Waals surface area contributed by atoms with Crippen molar-refractivity contribution in [2.75, 3.05) is 13.1 Å². The average Bonchev–Trinajstić information content (AvgIpc) is 2.92. The lowest BCUT2D eigenvalue weighted by atomic mass is 9.61. The molecule has 2 aliphatic rings. The smallest absolute Gasteiger partial charge is 0.417 e. The lowest BCUT2D eigenvalue weighted by molar-refractivity contribution is -0.208. The standard InChI is InChI=1S/C26H48N2O7Si/c1-22(2,3)17-15-28(21(32)34-24(7,8)9)26(35-36,25(17,10)11)18(29)16-13-12-14-27(19(16)30)20(31)33-23(4,5)6/h16-18,29H,12-15H2,1-11,36H3/t16?,17-,18?,26-/m1/s1. The van der Waals surface area contributed by atoms with Gasteiger partial charge in [0.2, 0.25) is 5.91 Å². The largest absolute Gasteiger partial charge is 0.444 e. The Balaban J connectivity index is 2.56. The van der Waals surface area contributed by atoms with E-state index < -0.39 is 52.5 Å². The fraction of sp³-hybridized carbons (Fsp3) is 0.885. The van der Waals surface area contributed by atoms with Crippen LogP contribution in [0.15, 0.2) is 0 Å². The van der Waals surface area contributed by atoms with E-state index >= 15 is 0 Å². The van der Waals surface area contributed by atoms with Gasteiger partial charge in [0, 0.05) is 18.5 Å². The molecule has 4 atom stereocenters. The second-order valence-corrected chi connectivity index (χ2v) is 14.2. The van der Waals surface area contributed by atoms with Gasteiger partial charge in [-0.1, -0.05) is 34.6 Å². The van der Waals surface area contributed by atoms with Crippen LogP contribution in [0.5, 0.6) is 0 Å². The first-order valence-electron chi connectivity index (χ1n) is 12.9. The molecule has 3 amide bonds. The van der Waals surface area contributed by atoms with Crippen LogP contribution < -0.4 is 0 Å². The Hall–Kier alpha value is -1.65. The summed E-state index contributed by atoms with van der Waals surface area (Å²) in [7, 11) is 0.202. The highest BCUT2D eigenvalue weighted by molar-refractivity contribution is 5.99.